The molecule has 0 bridgehead atoms. The van der Waals surface area contributed by atoms with E-state index in [1.165, 1.54) is 25.1 Å². The molecule has 33 heavy (non-hydrogen) atoms. The van der Waals surface area contributed by atoms with Crippen LogP contribution in [0.25, 0.3) is 0 Å². The summed E-state index contributed by atoms with van der Waals surface area (Å²) >= 11 is 0. The first-order valence-electron chi connectivity index (χ1n) is 10.3. The maximum absolute atomic E-state index is 13.0. The maximum Gasteiger partial charge on any atom is 0.306 e. The fourth-order valence-corrected chi connectivity index (χ4v) is 3.64. The molecule has 0 aromatic heterocycles. The molecule has 0 aliphatic carbocycles. The topological polar surface area (TPSA) is 164 Å². The Morgan fingerprint density at radius 3 is 2.48 bits per heavy atom. The average Bonchev–Trinajstić information content (AvgIpc) is 3.01. The largest absolute Gasteiger partial charge is 0.485 e. The van der Waals surface area contributed by atoms with Gasteiger partial charge in [-0.15, -0.1) is 0 Å². The Kier molecular flexibility index (Phi) is 7.00. The highest BCUT2D eigenvalue weighted by Gasteiger charge is 2.46. The first kappa shape index (κ1) is 23.8. The fraction of sp³-hybridized carbons (Fsp3) is 0.409. The summed E-state index contributed by atoms with van der Waals surface area (Å²) in [6.45, 7) is 0.940. The summed E-state index contributed by atoms with van der Waals surface area (Å²) in [4.78, 5) is 84.8. The number of aliphatic carboxylic acids is 1. The lowest BCUT2D eigenvalue weighted by atomic mass is 10.0. The molecule has 11 heteroatoms. The highest BCUT2D eigenvalue weighted by molar-refractivity contribution is 6.24. The van der Waals surface area contributed by atoms with E-state index in [1.807, 2.05) is 0 Å². The van der Waals surface area contributed by atoms with Crippen molar-refractivity contribution in [2.45, 2.75) is 45.1 Å². The number of ether oxygens (including phenoxy) is 1. The number of piperidine rings is 1. The zero-order chi connectivity index (χ0) is 24.3. The van der Waals surface area contributed by atoms with Gasteiger partial charge in [0.2, 0.25) is 11.8 Å². The molecule has 2 atom stereocenters. The summed E-state index contributed by atoms with van der Waals surface area (Å²) in [6.07, 6.45) is -0.462. The van der Waals surface area contributed by atoms with Gasteiger partial charge in [0.1, 0.15) is 24.2 Å². The van der Waals surface area contributed by atoms with Gasteiger partial charge in [0.25, 0.3) is 11.8 Å². The maximum atomic E-state index is 13.0. The minimum absolute atomic E-state index is 0.00830. The van der Waals surface area contributed by atoms with Gasteiger partial charge >= 0.3 is 5.97 Å². The second kappa shape index (κ2) is 9.72. The van der Waals surface area contributed by atoms with E-state index in [1.54, 1.807) is 0 Å². The van der Waals surface area contributed by atoms with E-state index in [-0.39, 0.29) is 54.8 Å². The summed E-state index contributed by atoms with van der Waals surface area (Å²) < 4.78 is 5.45. The van der Waals surface area contributed by atoms with E-state index >= 15 is 0 Å². The number of hydrogen-bond donors (Lipinski definition) is 2. The van der Waals surface area contributed by atoms with E-state index in [0.717, 1.165) is 4.90 Å². The number of hydrogen-bond acceptors (Lipinski definition) is 8. The molecule has 4 amide bonds. The normalized spacial score (nSPS) is 18.6. The van der Waals surface area contributed by atoms with Crippen LogP contribution in [0, 0.1) is 5.92 Å². The zero-order valence-corrected chi connectivity index (χ0v) is 17.8. The van der Waals surface area contributed by atoms with Gasteiger partial charge in [0.15, 0.2) is 5.78 Å². The van der Waals surface area contributed by atoms with Crippen molar-refractivity contribution in [2.24, 2.45) is 5.92 Å². The highest BCUT2D eigenvalue weighted by Crippen LogP contribution is 2.33. The van der Waals surface area contributed by atoms with Crippen molar-refractivity contribution in [2.75, 3.05) is 6.61 Å². The third-order valence-corrected chi connectivity index (χ3v) is 5.46. The second-order valence-corrected chi connectivity index (χ2v) is 7.94. The molecule has 2 N–H and O–H groups in total. The fourth-order valence-electron chi connectivity index (χ4n) is 3.64. The molecule has 1 aromatic carbocycles. The Hall–Kier alpha value is -3.89. The minimum Gasteiger partial charge on any atom is -0.485 e. The van der Waals surface area contributed by atoms with Crippen LogP contribution in [0.2, 0.25) is 0 Å². The van der Waals surface area contributed by atoms with Crippen LogP contribution in [-0.4, -0.2) is 63.8 Å². The number of ketones is 2. The number of carbonyl (C=O) groups is 7. The van der Waals surface area contributed by atoms with Crippen LogP contribution >= 0.6 is 0 Å². The molecule has 1 fully saturated rings. The number of amides is 4. The molecule has 0 spiro atoms. The van der Waals surface area contributed by atoms with Crippen LogP contribution in [0.3, 0.4) is 0 Å². The van der Waals surface area contributed by atoms with Crippen molar-refractivity contribution in [1.29, 1.82) is 0 Å². The first-order valence-corrected chi connectivity index (χ1v) is 10.3. The SMILES string of the molecule is C[C@@H](CC(=O)CCC(=O)COc1cccc2c1C(=O)N(C1CCC(=O)NC1=O)C2=O)C(=O)O. The summed E-state index contributed by atoms with van der Waals surface area (Å²) in [5.41, 5.74) is -0.0566. The van der Waals surface area contributed by atoms with Crippen LogP contribution < -0.4 is 10.1 Å². The number of imide groups is 2. The van der Waals surface area contributed by atoms with Crippen molar-refractivity contribution in [3.63, 3.8) is 0 Å². The number of benzene rings is 1. The molecule has 2 aliphatic heterocycles. The molecule has 1 saturated heterocycles. The number of carbonyl (C=O) groups excluding carboxylic acids is 6. The van der Waals surface area contributed by atoms with Gasteiger partial charge in [0, 0.05) is 25.7 Å². The number of nitrogens with zero attached hydrogens (tertiary/aromatic N) is 1. The third kappa shape index (κ3) is 5.13. The predicted octanol–water partition coefficient (Wildman–Crippen LogP) is 0.496. The van der Waals surface area contributed by atoms with Crippen molar-refractivity contribution in [1.82, 2.24) is 10.2 Å². The summed E-state index contributed by atoms with van der Waals surface area (Å²) in [5, 5.41) is 10.9. The molecule has 1 aromatic rings. The van der Waals surface area contributed by atoms with Crippen LogP contribution in [-0.2, 0) is 24.0 Å². The highest BCUT2D eigenvalue weighted by atomic mass is 16.5. The van der Waals surface area contributed by atoms with Gasteiger partial charge in [-0.2, -0.15) is 0 Å². The van der Waals surface area contributed by atoms with Crippen LogP contribution in [0.4, 0.5) is 0 Å². The average molecular weight is 458 g/mol. The van der Waals surface area contributed by atoms with Gasteiger partial charge < -0.3 is 9.84 Å². The number of nitrogens with one attached hydrogen (secondary N) is 1. The van der Waals surface area contributed by atoms with Crippen LogP contribution in [0.5, 0.6) is 5.75 Å². The van der Waals surface area contributed by atoms with E-state index in [2.05, 4.69) is 5.32 Å². The summed E-state index contributed by atoms with van der Waals surface area (Å²) in [5.74, 6) is -5.42. The lowest BCUT2D eigenvalue weighted by Crippen LogP contribution is -2.54. The monoisotopic (exact) mass is 458 g/mol. The molecule has 11 nitrogen and oxygen atoms in total. The summed E-state index contributed by atoms with van der Waals surface area (Å²) in [6, 6.07) is 3.15. The van der Waals surface area contributed by atoms with Gasteiger partial charge in [-0.3, -0.25) is 43.8 Å². The number of rotatable bonds is 10. The Bertz CT molecular complexity index is 1060. The van der Waals surface area contributed by atoms with E-state index in [0.29, 0.717) is 0 Å². The predicted molar refractivity (Wildman–Crippen MR) is 109 cm³/mol. The number of Topliss-reactive ketones (excluding diaryl/α,β-unsaturated/α-hetero) is 2. The Balaban J connectivity index is 1.63. The Morgan fingerprint density at radius 2 is 1.82 bits per heavy atom. The smallest absolute Gasteiger partial charge is 0.306 e. The standard InChI is InChI=1S/C22H22N2O9/c1-11(22(31)32)9-12(25)5-6-13(26)10-33-16-4-2-3-14-18(16)21(30)24(20(14)29)15-7-8-17(27)23-19(15)28/h2-4,11,15H,5-10H2,1H3,(H,31,32)(H,23,27,28)/t11-,15?/m0/s1. The number of fused-ring (bicyclic) bond motifs is 1. The van der Waals surface area contributed by atoms with E-state index in [9.17, 15) is 33.6 Å². The van der Waals surface area contributed by atoms with Crippen molar-refractivity contribution >= 4 is 41.2 Å². The second-order valence-electron chi connectivity index (χ2n) is 7.94. The first-order chi connectivity index (χ1) is 15.6. The van der Waals surface area contributed by atoms with E-state index in [4.69, 9.17) is 9.84 Å². The molecular weight excluding hydrogens is 436 g/mol. The third-order valence-electron chi connectivity index (χ3n) is 5.46. The molecule has 0 radical (unpaired) electrons. The lowest BCUT2D eigenvalue weighted by Gasteiger charge is -2.27. The van der Waals surface area contributed by atoms with Crippen LogP contribution in [0.1, 0.15) is 59.7 Å². The molecule has 3 rings (SSSR count). The Labute approximate surface area is 188 Å². The lowest BCUT2D eigenvalue weighted by molar-refractivity contribution is -0.143. The summed E-state index contributed by atoms with van der Waals surface area (Å²) in [7, 11) is 0. The van der Waals surface area contributed by atoms with Gasteiger partial charge in [-0.1, -0.05) is 13.0 Å². The molecule has 1 unspecified atom stereocenters. The molecule has 0 saturated carbocycles. The quantitative estimate of drug-likeness (QED) is 0.475. The molecular formula is C22H22N2O9. The van der Waals surface area contributed by atoms with Gasteiger partial charge in [0.05, 0.1) is 17.0 Å². The van der Waals surface area contributed by atoms with E-state index < -0.39 is 53.9 Å². The zero-order valence-electron chi connectivity index (χ0n) is 17.8. The van der Waals surface area contributed by atoms with Crippen LogP contribution in [0.15, 0.2) is 18.2 Å². The minimum atomic E-state index is -1.12. The number of carboxylic acids is 1. The molecule has 2 aliphatic rings. The molecule has 174 valence electrons. The van der Waals surface area contributed by atoms with Gasteiger partial charge in [-0.25, -0.2) is 0 Å². The van der Waals surface area contributed by atoms with Crippen molar-refractivity contribution < 1.29 is 43.4 Å². The Morgan fingerprint density at radius 1 is 1.12 bits per heavy atom. The van der Waals surface area contributed by atoms with Gasteiger partial charge in [-0.05, 0) is 18.6 Å². The molecule has 2 heterocycles. The van der Waals surface area contributed by atoms with Crippen molar-refractivity contribution in [3.05, 3.63) is 29.3 Å². The number of carboxylic acid groups (broad SMARTS) is 1. The van der Waals surface area contributed by atoms with Crippen molar-refractivity contribution in [3.8, 4) is 5.75 Å².